The van der Waals surface area contributed by atoms with Crippen molar-refractivity contribution in [3.8, 4) is 0 Å². The number of H-pyrrole nitrogens is 1. The maximum Gasteiger partial charge on any atom is 0.179 e. The van der Waals surface area contributed by atoms with Gasteiger partial charge in [0, 0.05) is 12.2 Å². The molecule has 0 fully saturated rings. The van der Waals surface area contributed by atoms with Crippen LogP contribution in [0.1, 0.15) is 37.8 Å². The van der Waals surface area contributed by atoms with Crippen molar-refractivity contribution in [3.05, 3.63) is 34.2 Å². The van der Waals surface area contributed by atoms with Gasteiger partial charge in [-0.3, -0.25) is 0 Å². The maximum absolute atomic E-state index is 5.41. The summed E-state index contributed by atoms with van der Waals surface area (Å²) in [6, 6.07) is 4.07. The Bertz CT molecular complexity index is 678. The van der Waals surface area contributed by atoms with Gasteiger partial charge in [-0.15, -0.1) is 0 Å². The zero-order chi connectivity index (χ0) is 13.2. The number of allylic oxidation sites excluding steroid dienone is 2. The van der Waals surface area contributed by atoms with Crippen LogP contribution in [0.25, 0.3) is 11.2 Å². The molecule has 0 saturated carbocycles. The average Bonchev–Trinajstić information content (AvgIpc) is 2.73. The molecule has 1 aliphatic rings. The number of rotatable bonds is 3. The molecule has 2 heterocycles. The molecule has 0 unspecified atom stereocenters. The van der Waals surface area contributed by atoms with E-state index in [1.165, 1.54) is 25.7 Å². The largest absolute Gasteiger partial charge is 0.329 e. The molecule has 0 saturated heterocycles. The zero-order valence-electron chi connectivity index (χ0n) is 11.3. The molecule has 0 aliphatic heterocycles. The predicted molar refractivity (Wildman–Crippen MR) is 80.8 cm³/mol. The Morgan fingerprint density at radius 1 is 1.37 bits per heavy atom. The molecule has 2 aromatic rings. The number of imidazole rings is 1. The number of fused-ring (bicyclic) bond motifs is 1. The highest BCUT2D eigenvalue weighted by atomic mass is 32.1. The van der Waals surface area contributed by atoms with E-state index in [0.717, 1.165) is 34.6 Å². The summed E-state index contributed by atoms with van der Waals surface area (Å²) in [7, 11) is 0. The Morgan fingerprint density at radius 2 is 2.26 bits per heavy atom. The molecule has 0 aromatic carbocycles. The van der Waals surface area contributed by atoms with Gasteiger partial charge in [-0.25, -0.2) is 4.98 Å². The Morgan fingerprint density at radius 3 is 3.05 bits per heavy atom. The topological polar surface area (TPSA) is 33.6 Å². The van der Waals surface area contributed by atoms with E-state index in [-0.39, 0.29) is 0 Å². The minimum atomic E-state index is 0.782. The second-order valence-electron chi connectivity index (χ2n) is 5.26. The van der Waals surface area contributed by atoms with Gasteiger partial charge < -0.3 is 9.55 Å². The summed E-state index contributed by atoms with van der Waals surface area (Å²) < 4.78 is 2.91. The molecule has 3 rings (SSSR count). The van der Waals surface area contributed by atoms with Crippen molar-refractivity contribution < 1.29 is 0 Å². The van der Waals surface area contributed by atoms with Gasteiger partial charge in [0.1, 0.15) is 0 Å². The molecule has 0 amide bonds. The van der Waals surface area contributed by atoms with E-state index in [1.54, 1.807) is 5.57 Å². The first-order valence-corrected chi connectivity index (χ1v) is 7.39. The van der Waals surface area contributed by atoms with Crippen LogP contribution in [0.15, 0.2) is 23.8 Å². The van der Waals surface area contributed by atoms with Crippen LogP contribution >= 0.6 is 12.2 Å². The second kappa shape index (κ2) is 5.29. The Balaban J connectivity index is 1.87. The molecule has 0 atom stereocenters. The third-order valence-corrected chi connectivity index (χ3v) is 4.12. The summed E-state index contributed by atoms with van der Waals surface area (Å²) in [6.07, 6.45) is 8.67. The van der Waals surface area contributed by atoms with Crippen molar-refractivity contribution in [1.29, 1.82) is 0 Å². The molecule has 100 valence electrons. The fraction of sp³-hybridized carbons (Fsp3) is 0.467. The van der Waals surface area contributed by atoms with E-state index >= 15 is 0 Å². The summed E-state index contributed by atoms with van der Waals surface area (Å²) in [6.45, 7) is 2.95. The first-order valence-electron chi connectivity index (χ1n) is 6.98. The van der Waals surface area contributed by atoms with Crippen LogP contribution in [0.2, 0.25) is 0 Å². The quantitative estimate of drug-likeness (QED) is 0.668. The van der Waals surface area contributed by atoms with Crippen LogP contribution in [0.3, 0.4) is 0 Å². The molecule has 2 aromatic heterocycles. The summed E-state index contributed by atoms with van der Waals surface area (Å²) in [5.74, 6) is 0. The zero-order valence-corrected chi connectivity index (χ0v) is 12.1. The number of aromatic amines is 1. The smallest absolute Gasteiger partial charge is 0.179 e. The Kier molecular flexibility index (Phi) is 3.51. The van der Waals surface area contributed by atoms with E-state index < -0.39 is 0 Å². The summed E-state index contributed by atoms with van der Waals surface area (Å²) in [5, 5.41) is 0. The third kappa shape index (κ3) is 2.63. The monoisotopic (exact) mass is 273 g/mol. The van der Waals surface area contributed by atoms with Crippen molar-refractivity contribution in [1.82, 2.24) is 14.5 Å². The van der Waals surface area contributed by atoms with Crippen LogP contribution in [-0.2, 0) is 6.54 Å². The molecule has 0 bridgehead atoms. The van der Waals surface area contributed by atoms with Crippen molar-refractivity contribution in [2.75, 3.05) is 0 Å². The van der Waals surface area contributed by atoms with Crippen LogP contribution in [0.5, 0.6) is 0 Å². The minimum Gasteiger partial charge on any atom is -0.329 e. The Labute approximate surface area is 118 Å². The van der Waals surface area contributed by atoms with Gasteiger partial charge in [-0.1, -0.05) is 11.6 Å². The normalized spacial score (nSPS) is 15.7. The highest BCUT2D eigenvalue weighted by Crippen LogP contribution is 2.21. The van der Waals surface area contributed by atoms with Crippen molar-refractivity contribution in [2.45, 2.75) is 45.6 Å². The summed E-state index contributed by atoms with van der Waals surface area (Å²) in [4.78, 5) is 7.84. The van der Waals surface area contributed by atoms with E-state index in [9.17, 15) is 0 Å². The lowest BCUT2D eigenvalue weighted by Gasteiger charge is -2.13. The highest BCUT2D eigenvalue weighted by Gasteiger charge is 2.08. The van der Waals surface area contributed by atoms with E-state index in [2.05, 4.69) is 26.7 Å². The molecule has 19 heavy (non-hydrogen) atoms. The molecular weight excluding hydrogens is 254 g/mol. The Hall–Kier alpha value is -1.42. The van der Waals surface area contributed by atoms with Crippen molar-refractivity contribution >= 4 is 23.4 Å². The van der Waals surface area contributed by atoms with Crippen molar-refractivity contribution in [3.63, 3.8) is 0 Å². The van der Waals surface area contributed by atoms with Gasteiger partial charge >= 0.3 is 0 Å². The fourth-order valence-electron chi connectivity index (χ4n) is 2.72. The number of nitrogens with one attached hydrogen (secondary N) is 1. The van der Waals surface area contributed by atoms with Gasteiger partial charge in [-0.05, 0) is 63.4 Å². The van der Waals surface area contributed by atoms with Crippen LogP contribution in [-0.4, -0.2) is 14.5 Å². The lowest BCUT2D eigenvalue weighted by Crippen LogP contribution is -2.02. The van der Waals surface area contributed by atoms with Gasteiger partial charge in [-0.2, -0.15) is 0 Å². The average molecular weight is 273 g/mol. The number of hydrogen-bond acceptors (Lipinski definition) is 2. The SMILES string of the molecule is Cc1ccc2[nH]c(=S)n(CCC3=CCCCC3)c2n1. The standard InChI is InChI=1S/C15H19N3S/c1-11-7-8-13-14(16-11)18(15(19)17-13)10-9-12-5-3-2-4-6-12/h5,7-8H,2-4,6,9-10H2,1H3,(H,17,19). The van der Waals surface area contributed by atoms with Crippen molar-refractivity contribution in [2.24, 2.45) is 0 Å². The molecule has 1 aliphatic carbocycles. The first kappa shape index (κ1) is 12.6. The van der Waals surface area contributed by atoms with Crippen LogP contribution in [0.4, 0.5) is 0 Å². The molecular formula is C15H19N3S. The number of aromatic nitrogens is 3. The lowest BCUT2D eigenvalue weighted by atomic mass is 9.97. The molecule has 0 radical (unpaired) electrons. The molecule has 3 nitrogen and oxygen atoms in total. The maximum atomic E-state index is 5.41. The number of pyridine rings is 1. The highest BCUT2D eigenvalue weighted by molar-refractivity contribution is 7.71. The number of aryl methyl sites for hydroxylation is 2. The van der Waals surface area contributed by atoms with E-state index in [0.29, 0.717) is 0 Å². The van der Waals surface area contributed by atoms with E-state index in [1.807, 2.05) is 13.0 Å². The molecule has 0 spiro atoms. The van der Waals surface area contributed by atoms with Gasteiger partial charge in [0.05, 0.1) is 5.52 Å². The first-order chi connectivity index (χ1) is 9.24. The summed E-state index contributed by atoms with van der Waals surface area (Å²) in [5.41, 5.74) is 4.64. The second-order valence-corrected chi connectivity index (χ2v) is 5.65. The number of hydrogen-bond donors (Lipinski definition) is 1. The fourth-order valence-corrected chi connectivity index (χ4v) is 3.01. The van der Waals surface area contributed by atoms with Gasteiger partial charge in [0.15, 0.2) is 10.4 Å². The molecule has 1 N–H and O–H groups in total. The lowest BCUT2D eigenvalue weighted by molar-refractivity contribution is 0.627. The van der Waals surface area contributed by atoms with Gasteiger partial charge in [0.2, 0.25) is 0 Å². The van der Waals surface area contributed by atoms with Crippen LogP contribution in [0, 0.1) is 11.7 Å². The van der Waals surface area contributed by atoms with Gasteiger partial charge in [0.25, 0.3) is 0 Å². The van der Waals surface area contributed by atoms with Crippen LogP contribution < -0.4 is 0 Å². The number of nitrogens with zero attached hydrogens (tertiary/aromatic N) is 2. The molecule has 4 heteroatoms. The predicted octanol–water partition coefficient (Wildman–Crippen LogP) is 4.29. The summed E-state index contributed by atoms with van der Waals surface area (Å²) >= 11 is 5.41. The third-order valence-electron chi connectivity index (χ3n) is 3.80. The minimum absolute atomic E-state index is 0.782. The van der Waals surface area contributed by atoms with E-state index in [4.69, 9.17) is 12.2 Å².